The summed E-state index contributed by atoms with van der Waals surface area (Å²) in [5.74, 6) is 1.13. The standard InChI is InChI=1S/C15H26O3/c1-5-7-14-12(3)11(2)10-13(18-14)8-6-9-15(16)17-4/h5,11-14H,1,6-10H2,2-4H3/t11?,12?,13-,14-/m0/s1. The molecular weight excluding hydrogens is 228 g/mol. The summed E-state index contributed by atoms with van der Waals surface area (Å²) in [7, 11) is 1.43. The van der Waals surface area contributed by atoms with Crippen molar-refractivity contribution in [2.75, 3.05) is 7.11 Å². The molecular formula is C15H26O3. The van der Waals surface area contributed by atoms with Crippen LogP contribution in [0.2, 0.25) is 0 Å². The third-order valence-corrected chi connectivity index (χ3v) is 4.02. The minimum Gasteiger partial charge on any atom is -0.469 e. The van der Waals surface area contributed by atoms with E-state index < -0.39 is 0 Å². The molecule has 0 N–H and O–H groups in total. The van der Waals surface area contributed by atoms with Crippen LogP contribution in [0.25, 0.3) is 0 Å². The third kappa shape index (κ3) is 4.45. The minimum absolute atomic E-state index is 0.130. The van der Waals surface area contributed by atoms with Crippen LogP contribution in [0.4, 0.5) is 0 Å². The number of esters is 1. The van der Waals surface area contributed by atoms with Crippen LogP contribution in [0.5, 0.6) is 0 Å². The predicted molar refractivity (Wildman–Crippen MR) is 72.3 cm³/mol. The van der Waals surface area contributed by atoms with Crippen molar-refractivity contribution in [3.63, 3.8) is 0 Å². The predicted octanol–water partition coefficient (Wildman–Crippen LogP) is 3.34. The molecule has 2 unspecified atom stereocenters. The van der Waals surface area contributed by atoms with E-state index >= 15 is 0 Å². The van der Waals surface area contributed by atoms with E-state index in [4.69, 9.17) is 4.74 Å². The summed E-state index contributed by atoms with van der Waals surface area (Å²) in [4.78, 5) is 11.1. The van der Waals surface area contributed by atoms with E-state index in [2.05, 4.69) is 25.2 Å². The molecule has 18 heavy (non-hydrogen) atoms. The molecule has 0 spiro atoms. The highest BCUT2D eigenvalue weighted by Crippen LogP contribution is 2.33. The molecule has 0 aromatic heterocycles. The van der Waals surface area contributed by atoms with Crippen molar-refractivity contribution in [2.45, 2.75) is 58.2 Å². The molecule has 3 nitrogen and oxygen atoms in total. The van der Waals surface area contributed by atoms with Gasteiger partial charge in [-0.2, -0.15) is 0 Å². The first-order valence-electron chi connectivity index (χ1n) is 6.91. The van der Waals surface area contributed by atoms with Gasteiger partial charge in [-0.1, -0.05) is 19.9 Å². The lowest BCUT2D eigenvalue weighted by atomic mass is 9.81. The average molecular weight is 254 g/mol. The molecule has 0 radical (unpaired) electrons. The maximum absolute atomic E-state index is 11.1. The van der Waals surface area contributed by atoms with Gasteiger partial charge in [0.15, 0.2) is 0 Å². The summed E-state index contributed by atoms with van der Waals surface area (Å²) >= 11 is 0. The molecule has 1 heterocycles. The van der Waals surface area contributed by atoms with Crippen molar-refractivity contribution in [1.82, 2.24) is 0 Å². The summed E-state index contributed by atoms with van der Waals surface area (Å²) in [6, 6.07) is 0. The lowest BCUT2D eigenvalue weighted by Gasteiger charge is -2.39. The zero-order valence-corrected chi connectivity index (χ0v) is 11.9. The lowest BCUT2D eigenvalue weighted by molar-refractivity contribution is -0.141. The van der Waals surface area contributed by atoms with E-state index in [1.165, 1.54) is 7.11 Å². The maximum atomic E-state index is 11.1. The fourth-order valence-corrected chi connectivity index (χ4v) is 2.62. The highest BCUT2D eigenvalue weighted by Gasteiger charge is 2.32. The Hall–Kier alpha value is -0.830. The second-order valence-electron chi connectivity index (χ2n) is 5.36. The normalized spacial score (nSPS) is 31.9. The first-order valence-corrected chi connectivity index (χ1v) is 6.91. The van der Waals surface area contributed by atoms with Crippen LogP contribution in [0, 0.1) is 11.8 Å². The molecule has 1 fully saturated rings. The fourth-order valence-electron chi connectivity index (χ4n) is 2.62. The van der Waals surface area contributed by atoms with Gasteiger partial charge in [-0.15, -0.1) is 6.58 Å². The lowest BCUT2D eigenvalue weighted by Crippen LogP contribution is -2.38. The Balaban J connectivity index is 2.37. The molecule has 1 aliphatic rings. The largest absolute Gasteiger partial charge is 0.469 e. The van der Waals surface area contributed by atoms with Gasteiger partial charge in [0.05, 0.1) is 19.3 Å². The number of carbonyl (C=O) groups is 1. The Bertz CT molecular complexity index is 275. The van der Waals surface area contributed by atoms with Crippen LogP contribution < -0.4 is 0 Å². The molecule has 0 aliphatic carbocycles. The van der Waals surface area contributed by atoms with E-state index in [0.717, 1.165) is 25.7 Å². The monoisotopic (exact) mass is 254 g/mol. The van der Waals surface area contributed by atoms with Gasteiger partial charge in [0.25, 0.3) is 0 Å². The van der Waals surface area contributed by atoms with Crippen molar-refractivity contribution in [1.29, 1.82) is 0 Å². The molecule has 0 saturated carbocycles. The van der Waals surface area contributed by atoms with Gasteiger partial charge < -0.3 is 9.47 Å². The average Bonchev–Trinajstić information content (AvgIpc) is 2.35. The van der Waals surface area contributed by atoms with Gasteiger partial charge >= 0.3 is 5.97 Å². The van der Waals surface area contributed by atoms with Gasteiger partial charge in [0.1, 0.15) is 0 Å². The van der Waals surface area contributed by atoms with Crippen molar-refractivity contribution in [3.8, 4) is 0 Å². The first kappa shape index (κ1) is 15.2. The Morgan fingerprint density at radius 3 is 2.83 bits per heavy atom. The molecule has 0 aromatic carbocycles. The fraction of sp³-hybridized carbons (Fsp3) is 0.800. The molecule has 0 bridgehead atoms. The van der Waals surface area contributed by atoms with E-state index in [1.807, 2.05) is 6.08 Å². The van der Waals surface area contributed by atoms with E-state index in [1.54, 1.807) is 0 Å². The van der Waals surface area contributed by atoms with Gasteiger partial charge in [0.2, 0.25) is 0 Å². The Morgan fingerprint density at radius 1 is 1.50 bits per heavy atom. The van der Waals surface area contributed by atoms with Gasteiger partial charge in [0, 0.05) is 6.42 Å². The number of hydrogen-bond acceptors (Lipinski definition) is 3. The smallest absolute Gasteiger partial charge is 0.305 e. The number of rotatable bonds is 6. The zero-order valence-electron chi connectivity index (χ0n) is 11.9. The zero-order chi connectivity index (χ0) is 13.5. The first-order chi connectivity index (χ1) is 8.58. The Labute approximate surface area is 111 Å². The van der Waals surface area contributed by atoms with Gasteiger partial charge in [-0.25, -0.2) is 0 Å². The molecule has 104 valence electrons. The Kier molecular flexibility index (Phi) is 6.41. The van der Waals surface area contributed by atoms with Crippen LogP contribution in [-0.2, 0) is 14.3 Å². The van der Waals surface area contributed by atoms with E-state index in [9.17, 15) is 4.79 Å². The van der Waals surface area contributed by atoms with Crippen molar-refractivity contribution in [2.24, 2.45) is 11.8 Å². The minimum atomic E-state index is -0.130. The highest BCUT2D eigenvalue weighted by atomic mass is 16.5. The van der Waals surface area contributed by atoms with Crippen molar-refractivity contribution in [3.05, 3.63) is 12.7 Å². The van der Waals surface area contributed by atoms with Crippen LogP contribution in [0.15, 0.2) is 12.7 Å². The number of ether oxygens (including phenoxy) is 2. The highest BCUT2D eigenvalue weighted by molar-refractivity contribution is 5.68. The van der Waals surface area contributed by atoms with Crippen LogP contribution in [-0.4, -0.2) is 25.3 Å². The van der Waals surface area contributed by atoms with E-state index in [0.29, 0.717) is 18.3 Å². The number of hydrogen-bond donors (Lipinski definition) is 0. The van der Waals surface area contributed by atoms with Crippen LogP contribution in [0.3, 0.4) is 0 Å². The second kappa shape index (κ2) is 7.57. The number of carbonyl (C=O) groups excluding carboxylic acids is 1. The quantitative estimate of drug-likeness (QED) is 0.538. The SMILES string of the molecule is C=CC[C@@H]1O[C@@H](CCCC(=O)OC)CC(C)C1C. The summed E-state index contributed by atoms with van der Waals surface area (Å²) in [5, 5.41) is 0. The number of methoxy groups -OCH3 is 1. The summed E-state index contributed by atoms with van der Waals surface area (Å²) in [6.07, 6.45) is 6.80. The second-order valence-corrected chi connectivity index (χ2v) is 5.36. The maximum Gasteiger partial charge on any atom is 0.305 e. The Morgan fingerprint density at radius 2 is 2.22 bits per heavy atom. The molecule has 0 amide bonds. The molecule has 3 heteroatoms. The molecule has 4 atom stereocenters. The third-order valence-electron chi connectivity index (χ3n) is 4.02. The van der Waals surface area contributed by atoms with Crippen molar-refractivity contribution >= 4 is 5.97 Å². The van der Waals surface area contributed by atoms with Crippen molar-refractivity contribution < 1.29 is 14.3 Å². The van der Waals surface area contributed by atoms with Crippen LogP contribution >= 0.6 is 0 Å². The summed E-state index contributed by atoms with van der Waals surface area (Å²) in [6.45, 7) is 8.34. The molecule has 1 saturated heterocycles. The molecule has 0 aromatic rings. The van der Waals surface area contributed by atoms with Crippen LogP contribution in [0.1, 0.15) is 46.0 Å². The summed E-state index contributed by atoms with van der Waals surface area (Å²) < 4.78 is 10.7. The van der Waals surface area contributed by atoms with E-state index in [-0.39, 0.29) is 18.2 Å². The van der Waals surface area contributed by atoms with Gasteiger partial charge in [-0.05, 0) is 37.5 Å². The molecule has 1 rings (SSSR count). The van der Waals surface area contributed by atoms with Gasteiger partial charge in [-0.3, -0.25) is 4.79 Å². The summed E-state index contributed by atoms with van der Waals surface area (Å²) in [5.41, 5.74) is 0. The topological polar surface area (TPSA) is 35.5 Å². The molecule has 1 aliphatic heterocycles.